The minimum atomic E-state index is -0.990. The van der Waals surface area contributed by atoms with Crippen molar-refractivity contribution < 1.29 is 9.18 Å². The number of nitrogens with zero attached hydrogens (tertiary/aromatic N) is 6. The van der Waals surface area contributed by atoms with E-state index in [-0.39, 0.29) is 17.8 Å². The molecule has 2 N–H and O–H groups in total. The number of para-hydroxylation sites is 2. The Labute approximate surface area is 242 Å². The van der Waals surface area contributed by atoms with E-state index in [4.69, 9.17) is 10.7 Å². The van der Waals surface area contributed by atoms with Crippen LogP contribution in [0.15, 0.2) is 95.9 Å². The van der Waals surface area contributed by atoms with Crippen LogP contribution in [0, 0.1) is 5.82 Å². The molecule has 0 aliphatic carbocycles. The summed E-state index contributed by atoms with van der Waals surface area (Å²) in [6.07, 6.45) is 2.96. The monoisotopic (exact) mass is 565 g/mol. The molecular formula is C32H32FN7O2. The lowest BCUT2D eigenvalue weighted by atomic mass is 10.0. The number of nitrogens with two attached hydrogens (primary N) is 1. The summed E-state index contributed by atoms with van der Waals surface area (Å²) in [6.45, 7) is 2.01. The van der Waals surface area contributed by atoms with E-state index < -0.39 is 17.5 Å². The van der Waals surface area contributed by atoms with Crippen LogP contribution in [0.25, 0.3) is 11.0 Å². The van der Waals surface area contributed by atoms with Gasteiger partial charge in [0.05, 0.1) is 17.6 Å². The Hall–Kier alpha value is -4.83. The van der Waals surface area contributed by atoms with Gasteiger partial charge in [-0.2, -0.15) is 0 Å². The molecule has 1 unspecified atom stereocenters. The first-order valence-electron chi connectivity index (χ1n) is 14.0. The van der Waals surface area contributed by atoms with Crippen LogP contribution in [0.4, 0.5) is 16.3 Å². The Morgan fingerprint density at radius 1 is 1.00 bits per heavy atom. The van der Waals surface area contributed by atoms with Crippen LogP contribution in [0.3, 0.4) is 0 Å². The van der Waals surface area contributed by atoms with Gasteiger partial charge in [-0.25, -0.2) is 18.9 Å². The minimum absolute atomic E-state index is 0.0393. The maximum Gasteiger partial charge on any atom is 0.261 e. The number of hydrogen-bond acceptors (Lipinski definition) is 7. The number of aromatic nitrogens is 4. The Balaban J connectivity index is 1.23. The molecule has 1 aliphatic rings. The van der Waals surface area contributed by atoms with Gasteiger partial charge in [0.25, 0.3) is 11.5 Å². The highest BCUT2D eigenvalue weighted by molar-refractivity contribution is 5.87. The fraction of sp³-hybridized carbons (Fsp3) is 0.250. The van der Waals surface area contributed by atoms with E-state index in [1.165, 1.54) is 24.4 Å². The van der Waals surface area contributed by atoms with Crippen molar-refractivity contribution in [3.05, 3.63) is 118 Å². The van der Waals surface area contributed by atoms with Gasteiger partial charge < -0.3 is 20.1 Å². The second kappa shape index (κ2) is 11.6. The number of hydrogen-bond donors (Lipinski definition) is 1. The molecule has 0 amide bonds. The number of fused-ring (bicyclic) bond motifs is 1. The zero-order valence-electron chi connectivity index (χ0n) is 23.3. The van der Waals surface area contributed by atoms with Gasteiger partial charge in [-0.15, -0.1) is 0 Å². The molecule has 6 rings (SSSR count). The van der Waals surface area contributed by atoms with Gasteiger partial charge in [0.2, 0.25) is 11.9 Å². The summed E-state index contributed by atoms with van der Waals surface area (Å²) in [4.78, 5) is 39.9. The fourth-order valence-electron chi connectivity index (χ4n) is 5.65. The third kappa shape index (κ3) is 5.28. The first kappa shape index (κ1) is 27.3. The molecule has 1 saturated heterocycles. The number of carbonyl (C=O) groups excluding carboxylic acids is 1. The number of carbonyl (C=O) groups is 1. The molecule has 3 aromatic carbocycles. The smallest absolute Gasteiger partial charge is 0.261 e. The average Bonchev–Trinajstić information content (AvgIpc) is 3.39. The van der Waals surface area contributed by atoms with Crippen molar-refractivity contribution >= 4 is 28.8 Å². The highest BCUT2D eigenvalue weighted by Gasteiger charge is 2.30. The first-order chi connectivity index (χ1) is 20.4. The van der Waals surface area contributed by atoms with E-state index in [9.17, 15) is 14.0 Å². The summed E-state index contributed by atoms with van der Waals surface area (Å²) < 4.78 is 16.8. The van der Waals surface area contributed by atoms with Gasteiger partial charge >= 0.3 is 0 Å². The van der Waals surface area contributed by atoms with Gasteiger partial charge in [0.15, 0.2) is 0 Å². The third-order valence-electron chi connectivity index (χ3n) is 7.97. The molecule has 1 fully saturated rings. The van der Waals surface area contributed by atoms with Crippen molar-refractivity contribution in [1.82, 2.24) is 19.1 Å². The van der Waals surface area contributed by atoms with Crippen LogP contribution in [0.5, 0.6) is 0 Å². The molecule has 42 heavy (non-hydrogen) atoms. The van der Waals surface area contributed by atoms with Crippen molar-refractivity contribution in [2.75, 3.05) is 29.9 Å². The zero-order valence-corrected chi connectivity index (χ0v) is 23.3. The molecular weight excluding hydrogens is 533 g/mol. The molecule has 1 aliphatic heterocycles. The van der Waals surface area contributed by atoms with Crippen LogP contribution in [-0.2, 0) is 6.54 Å². The van der Waals surface area contributed by atoms with Crippen LogP contribution < -0.4 is 21.1 Å². The van der Waals surface area contributed by atoms with Crippen molar-refractivity contribution in [1.29, 1.82) is 0 Å². The van der Waals surface area contributed by atoms with E-state index in [2.05, 4.69) is 14.5 Å². The molecule has 9 nitrogen and oxygen atoms in total. The van der Waals surface area contributed by atoms with Crippen molar-refractivity contribution in [3.8, 4) is 0 Å². The summed E-state index contributed by atoms with van der Waals surface area (Å²) in [5.41, 5.74) is 9.36. The molecule has 10 heteroatoms. The molecule has 2 aromatic heterocycles. The molecule has 5 aromatic rings. The van der Waals surface area contributed by atoms with Gasteiger partial charge in [-0.1, -0.05) is 54.6 Å². The van der Waals surface area contributed by atoms with Gasteiger partial charge in [-0.3, -0.25) is 9.59 Å². The van der Waals surface area contributed by atoms with Crippen molar-refractivity contribution in [2.45, 2.75) is 31.5 Å². The summed E-state index contributed by atoms with van der Waals surface area (Å²) in [5, 5.41) is 0. The van der Waals surface area contributed by atoms with Crippen LogP contribution in [0.2, 0.25) is 0 Å². The topological polar surface area (TPSA) is 102 Å². The maximum absolute atomic E-state index is 13.5. The number of piperidine rings is 1. The summed E-state index contributed by atoms with van der Waals surface area (Å²) >= 11 is 0. The molecule has 0 saturated carbocycles. The van der Waals surface area contributed by atoms with E-state index in [1.807, 2.05) is 54.4 Å². The second-order valence-corrected chi connectivity index (χ2v) is 10.6. The SMILES string of the molecule is CN(c1nccc(=O)n1C(=O)C(N)c1ccccc1)C1CCN(c2nc3ccccc3n2Cc2ccc(F)cc2)CC1. The van der Waals surface area contributed by atoms with Crippen LogP contribution >= 0.6 is 0 Å². The standard InChI is InChI=1S/C32H32FN7O2/c1-37(31-35-18-15-28(41)40(31)30(42)29(34)23-7-3-2-4-8-23)25-16-19-38(20-17-25)32-36-26-9-5-6-10-27(26)39(32)21-22-11-13-24(33)14-12-22/h2-15,18,25,29H,16-17,19-21,34H2,1H3. The van der Waals surface area contributed by atoms with Crippen LogP contribution in [0.1, 0.15) is 34.8 Å². The number of rotatable bonds is 7. The second-order valence-electron chi connectivity index (χ2n) is 10.6. The first-order valence-corrected chi connectivity index (χ1v) is 14.0. The molecule has 3 heterocycles. The number of imidazole rings is 1. The lowest BCUT2D eigenvalue weighted by Crippen LogP contribution is -2.47. The molecule has 0 bridgehead atoms. The number of anilines is 2. The molecule has 1 atom stereocenters. The highest BCUT2D eigenvalue weighted by atomic mass is 19.1. The average molecular weight is 566 g/mol. The van der Waals surface area contributed by atoms with Crippen molar-refractivity contribution in [3.63, 3.8) is 0 Å². The highest BCUT2D eigenvalue weighted by Crippen LogP contribution is 2.28. The Kier molecular flexibility index (Phi) is 7.54. The third-order valence-corrected chi connectivity index (χ3v) is 7.97. The van der Waals surface area contributed by atoms with E-state index >= 15 is 0 Å². The van der Waals surface area contributed by atoms with Gasteiger partial charge in [0.1, 0.15) is 11.9 Å². The van der Waals surface area contributed by atoms with Gasteiger partial charge in [-0.05, 0) is 48.2 Å². The minimum Gasteiger partial charge on any atom is -0.342 e. The van der Waals surface area contributed by atoms with E-state index in [0.717, 1.165) is 53.0 Å². The van der Waals surface area contributed by atoms with Crippen molar-refractivity contribution in [2.24, 2.45) is 5.73 Å². The lowest BCUT2D eigenvalue weighted by molar-refractivity contribution is 0.0875. The lowest BCUT2D eigenvalue weighted by Gasteiger charge is -2.38. The van der Waals surface area contributed by atoms with E-state index in [0.29, 0.717) is 12.1 Å². The zero-order chi connectivity index (χ0) is 29.2. The Bertz CT molecular complexity index is 1760. The summed E-state index contributed by atoms with van der Waals surface area (Å²) in [5.74, 6) is 0.358. The molecule has 0 spiro atoms. The fourth-order valence-corrected chi connectivity index (χ4v) is 5.65. The number of benzene rings is 3. The summed E-state index contributed by atoms with van der Waals surface area (Å²) in [6, 6.07) is 23.9. The predicted octanol–water partition coefficient (Wildman–Crippen LogP) is 4.23. The predicted molar refractivity (Wildman–Crippen MR) is 161 cm³/mol. The summed E-state index contributed by atoms with van der Waals surface area (Å²) in [7, 11) is 1.86. The largest absolute Gasteiger partial charge is 0.342 e. The van der Waals surface area contributed by atoms with E-state index in [1.54, 1.807) is 24.3 Å². The maximum atomic E-state index is 13.5. The van der Waals surface area contributed by atoms with Crippen LogP contribution in [-0.4, -0.2) is 51.2 Å². The van der Waals surface area contributed by atoms with Gasteiger partial charge in [0, 0.05) is 38.4 Å². The molecule has 0 radical (unpaired) electrons. The Morgan fingerprint density at radius 2 is 1.69 bits per heavy atom. The molecule has 214 valence electrons. The number of halogens is 1. The normalized spacial score (nSPS) is 14.7. The Morgan fingerprint density at radius 3 is 2.43 bits per heavy atom. The quantitative estimate of drug-likeness (QED) is 0.315.